The molecule has 1 amide bonds. The molecule has 2 aromatic rings. The van der Waals surface area contributed by atoms with Crippen LogP contribution in [0.25, 0.3) is 0 Å². The number of aromatic nitrogens is 3. The van der Waals surface area contributed by atoms with E-state index in [4.69, 9.17) is 0 Å². The Bertz CT molecular complexity index is 932. The number of rotatable bonds is 2. The summed E-state index contributed by atoms with van der Waals surface area (Å²) < 4.78 is 1.77. The first-order valence-corrected chi connectivity index (χ1v) is 9.95. The number of amides is 1. The number of nitrogens with one attached hydrogen (secondary N) is 1. The maximum atomic E-state index is 13.5. The van der Waals surface area contributed by atoms with Crippen molar-refractivity contribution in [3.05, 3.63) is 52.7 Å². The van der Waals surface area contributed by atoms with Crippen molar-refractivity contribution in [1.29, 1.82) is 0 Å². The van der Waals surface area contributed by atoms with Gasteiger partial charge in [0.05, 0.1) is 0 Å². The largest absolute Gasteiger partial charge is 0.337 e. The fourth-order valence-electron chi connectivity index (χ4n) is 4.88. The SMILES string of the molecule is Cl.Cl.O=C([C@H]1[C@@H]2CNC[C@@H](C2)c2cccc(=O)n21)N1CCN(c2ncccn2)CC1. The zero-order valence-corrected chi connectivity index (χ0v) is 18.1. The Kier molecular flexibility index (Phi) is 7.00. The third-order valence-electron chi connectivity index (χ3n) is 6.23. The van der Waals surface area contributed by atoms with E-state index in [1.165, 1.54) is 0 Å². The molecule has 3 atom stereocenters. The number of piperazine rings is 1. The van der Waals surface area contributed by atoms with Crippen molar-refractivity contribution in [2.75, 3.05) is 44.2 Å². The molecule has 162 valence electrons. The van der Waals surface area contributed by atoms with Gasteiger partial charge in [-0.2, -0.15) is 0 Å². The highest BCUT2D eigenvalue weighted by Crippen LogP contribution is 2.39. The zero-order chi connectivity index (χ0) is 19.1. The number of nitrogens with zero attached hydrogens (tertiary/aromatic N) is 5. The highest BCUT2D eigenvalue weighted by molar-refractivity contribution is 5.85. The van der Waals surface area contributed by atoms with Crippen LogP contribution in [-0.4, -0.2) is 64.6 Å². The molecule has 2 saturated heterocycles. The number of hydrogen-bond acceptors (Lipinski definition) is 6. The molecule has 0 spiro atoms. The van der Waals surface area contributed by atoms with Gasteiger partial charge in [-0.15, -0.1) is 24.8 Å². The van der Waals surface area contributed by atoms with Gasteiger partial charge < -0.3 is 15.1 Å². The van der Waals surface area contributed by atoms with Crippen LogP contribution in [0.5, 0.6) is 0 Å². The van der Waals surface area contributed by atoms with Crippen LogP contribution in [0.3, 0.4) is 0 Å². The fourth-order valence-corrected chi connectivity index (χ4v) is 4.88. The van der Waals surface area contributed by atoms with E-state index in [1.54, 1.807) is 29.1 Å². The molecule has 0 aromatic carbocycles. The monoisotopic (exact) mass is 452 g/mol. The third-order valence-corrected chi connectivity index (χ3v) is 6.23. The first kappa shape index (κ1) is 22.5. The Labute approximate surface area is 187 Å². The van der Waals surface area contributed by atoms with Crippen LogP contribution in [0.15, 0.2) is 41.5 Å². The van der Waals surface area contributed by atoms with Crippen LogP contribution >= 0.6 is 24.8 Å². The predicted octanol–water partition coefficient (Wildman–Crippen LogP) is 1.08. The molecule has 0 unspecified atom stereocenters. The quantitative estimate of drug-likeness (QED) is 0.733. The summed E-state index contributed by atoms with van der Waals surface area (Å²) in [7, 11) is 0. The van der Waals surface area contributed by atoms with Gasteiger partial charge in [0, 0.05) is 75.3 Å². The number of hydrogen-bond donors (Lipinski definition) is 1. The molecule has 30 heavy (non-hydrogen) atoms. The van der Waals surface area contributed by atoms with Crippen LogP contribution in [0, 0.1) is 5.92 Å². The molecule has 1 N–H and O–H groups in total. The highest BCUT2D eigenvalue weighted by Gasteiger charge is 2.43. The van der Waals surface area contributed by atoms with Crippen molar-refractivity contribution < 1.29 is 4.79 Å². The number of fused-ring (bicyclic) bond motifs is 4. The number of pyridine rings is 1. The van der Waals surface area contributed by atoms with Crippen LogP contribution in [0.2, 0.25) is 0 Å². The fraction of sp³-hybridized carbons (Fsp3) is 0.500. The molecule has 0 aliphatic carbocycles. The molecular formula is C20H26Cl2N6O2. The van der Waals surface area contributed by atoms with E-state index in [2.05, 4.69) is 20.2 Å². The van der Waals surface area contributed by atoms with Gasteiger partial charge in [0.2, 0.25) is 11.9 Å². The predicted molar refractivity (Wildman–Crippen MR) is 119 cm³/mol. The lowest BCUT2D eigenvalue weighted by atomic mass is 9.79. The standard InChI is InChI=1S/C20H24N6O2.2ClH/c27-17-4-1-3-16-14-11-15(13-21-12-14)18(26(16)17)19(28)24-7-9-25(10-8-24)20-22-5-2-6-23-20;;/h1-6,14-15,18,21H,7-13H2;2*1H/t14-,15+,18-;;/m1../s1. The van der Waals surface area contributed by atoms with E-state index >= 15 is 0 Å². The zero-order valence-electron chi connectivity index (χ0n) is 16.5. The molecule has 2 fully saturated rings. The van der Waals surface area contributed by atoms with Crippen molar-refractivity contribution in [3.8, 4) is 0 Å². The van der Waals surface area contributed by atoms with Gasteiger partial charge in [-0.05, 0) is 18.6 Å². The first-order chi connectivity index (χ1) is 13.7. The summed E-state index contributed by atoms with van der Waals surface area (Å²) in [6.07, 6.45) is 4.43. The number of anilines is 1. The van der Waals surface area contributed by atoms with Crippen LogP contribution in [0.4, 0.5) is 5.95 Å². The Hall–Kier alpha value is -2.16. The third kappa shape index (κ3) is 3.91. The van der Waals surface area contributed by atoms with Crippen molar-refractivity contribution in [1.82, 2.24) is 24.8 Å². The van der Waals surface area contributed by atoms with Crippen molar-refractivity contribution in [2.45, 2.75) is 18.4 Å². The molecule has 8 nitrogen and oxygen atoms in total. The molecule has 3 aliphatic heterocycles. The molecule has 5 rings (SSSR count). The van der Waals surface area contributed by atoms with Gasteiger partial charge >= 0.3 is 0 Å². The van der Waals surface area contributed by atoms with E-state index < -0.39 is 6.04 Å². The van der Waals surface area contributed by atoms with Gasteiger partial charge in [0.25, 0.3) is 5.56 Å². The summed E-state index contributed by atoms with van der Waals surface area (Å²) in [5.74, 6) is 1.24. The van der Waals surface area contributed by atoms with Gasteiger partial charge in [-0.3, -0.25) is 14.2 Å². The topological polar surface area (TPSA) is 83.4 Å². The van der Waals surface area contributed by atoms with E-state index in [0.29, 0.717) is 38.0 Å². The summed E-state index contributed by atoms with van der Waals surface area (Å²) in [6.45, 7) is 4.29. The Morgan fingerprint density at radius 1 is 1.00 bits per heavy atom. The van der Waals surface area contributed by atoms with Gasteiger partial charge in [0.15, 0.2) is 0 Å². The summed E-state index contributed by atoms with van der Waals surface area (Å²) in [5.41, 5.74) is 0.925. The van der Waals surface area contributed by atoms with Crippen LogP contribution in [0.1, 0.15) is 24.1 Å². The second-order valence-corrected chi connectivity index (χ2v) is 7.82. The first-order valence-electron chi connectivity index (χ1n) is 9.95. The minimum absolute atomic E-state index is 0. The van der Waals surface area contributed by atoms with Gasteiger partial charge in [-0.1, -0.05) is 6.07 Å². The smallest absolute Gasteiger partial charge is 0.251 e. The van der Waals surface area contributed by atoms with Gasteiger partial charge in [-0.25, -0.2) is 9.97 Å². The van der Waals surface area contributed by atoms with Crippen molar-refractivity contribution >= 4 is 36.7 Å². The number of carbonyl (C=O) groups excluding carboxylic acids is 1. The Morgan fingerprint density at radius 2 is 1.73 bits per heavy atom. The average molecular weight is 453 g/mol. The number of halogens is 2. The molecule has 3 aliphatic rings. The molecular weight excluding hydrogens is 427 g/mol. The maximum Gasteiger partial charge on any atom is 0.251 e. The minimum atomic E-state index is -0.410. The van der Waals surface area contributed by atoms with Crippen molar-refractivity contribution in [3.63, 3.8) is 0 Å². The summed E-state index contributed by atoms with van der Waals surface area (Å²) in [5, 5.41) is 3.45. The lowest BCUT2D eigenvalue weighted by Crippen LogP contribution is -2.56. The van der Waals surface area contributed by atoms with E-state index in [1.807, 2.05) is 17.0 Å². The Balaban J connectivity index is 0.00000128. The molecule has 0 saturated carbocycles. The molecule has 2 bridgehead atoms. The van der Waals surface area contributed by atoms with E-state index in [-0.39, 0.29) is 42.2 Å². The molecule has 0 radical (unpaired) electrons. The maximum absolute atomic E-state index is 13.5. The lowest BCUT2D eigenvalue weighted by Gasteiger charge is -2.44. The van der Waals surface area contributed by atoms with E-state index in [9.17, 15) is 9.59 Å². The van der Waals surface area contributed by atoms with Gasteiger partial charge in [0.1, 0.15) is 6.04 Å². The highest BCUT2D eigenvalue weighted by atomic mass is 35.5. The summed E-state index contributed by atoms with van der Waals surface area (Å²) in [6, 6.07) is 6.77. The normalized spacial score (nSPS) is 24.9. The second-order valence-electron chi connectivity index (χ2n) is 7.82. The average Bonchev–Trinajstić information content (AvgIpc) is 2.75. The van der Waals surface area contributed by atoms with Crippen LogP contribution < -0.4 is 15.8 Å². The van der Waals surface area contributed by atoms with Crippen molar-refractivity contribution in [2.24, 2.45) is 5.92 Å². The van der Waals surface area contributed by atoms with Crippen LogP contribution in [-0.2, 0) is 4.79 Å². The lowest BCUT2D eigenvalue weighted by molar-refractivity contribution is -0.138. The molecule has 2 aromatic heterocycles. The summed E-state index contributed by atoms with van der Waals surface area (Å²) >= 11 is 0. The molecule has 10 heteroatoms. The van der Waals surface area contributed by atoms with E-state index in [0.717, 1.165) is 25.2 Å². The second kappa shape index (κ2) is 9.32. The number of piperidine rings is 1. The minimum Gasteiger partial charge on any atom is -0.337 e. The summed E-state index contributed by atoms with van der Waals surface area (Å²) in [4.78, 5) is 38.8. The Morgan fingerprint density at radius 3 is 2.47 bits per heavy atom. The number of carbonyl (C=O) groups is 1. The molecule has 5 heterocycles.